The fourth-order valence-electron chi connectivity index (χ4n) is 3.34. The van der Waals surface area contributed by atoms with Gasteiger partial charge < -0.3 is 10.5 Å². The predicted octanol–water partition coefficient (Wildman–Crippen LogP) is 3.57. The van der Waals surface area contributed by atoms with Gasteiger partial charge in [0.2, 0.25) is 0 Å². The van der Waals surface area contributed by atoms with Gasteiger partial charge in [-0.15, -0.1) is 0 Å². The Morgan fingerprint density at radius 2 is 2.00 bits per heavy atom. The maximum absolute atomic E-state index is 6.22. The van der Waals surface area contributed by atoms with E-state index in [4.69, 9.17) is 10.5 Å². The van der Waals surface area contributed by atoms with Crippen molar-refractivity contribution in [2.75, 3.05) is 13.2 Å². The van der Waals surface area contributed by atoms with Gasteiger partial charge in [0.1, 0.15) is 0 Å². The zero-order chi connectivity index (χ0) is 15.3. The zero-order valence-corrected chi connectivity index (χ0v) is 13.8. The quantitative estimate of drug-likeness (QED) is 0.901. The maximum Gasteiger partial charge on any atom is 0.0804 e. The molecule has 1 aromatic heterocycles. The zero-order valence-electron chi connectivity index (χ0n) is 13.8. The molecule has 1 saturated carbocycles. The van der Waals surface area contributed by atoms with Gasteiger partial charge in [0.25, 0.3) is 0 Å². The average molecular weight is 290 g/mol. The van der Waals surface area contributed by atoms with Gasteiger partial charge in [-0.1, -0.05) is 26.8 Å². The summed E-state index contributed by atoms with van der Waals surface area (Å²) in [5.74, 6) is 0.788. The van der Waals surface area contributed by atoms with Crippen molar-refractivity contribution in [3.05, 3.63) is 30.1 Å². The summed E-state index contributed by atoms with van der Waals surface area (Å²) in [7, 11) is 0. The molecular formula is C18H30N2O. The van der Waals surface area contributed by atoms with Crippen molar-refractivity contribution >= 4 is 0 Å². The Bertz CT molecular complexity index is 417. The standard InChI is InChI=1S/C18H30N2O/c1-17(2,3)15-7-10-18(14-19,11-8-15)21-13-9-16-6-4-5-12-20-16/h4-6,12,15H,7-11,13-14,19H2,1-3H3. The number of aromatic nitrogens is 1. The van der Waals surface area contributed by atoms with E-state index < -0.39 is 0 Å². The van der Waals surface area contributed by atoms with Crippen LogP contribution in [-0.2, 0) is 11.2 Å². The van der Waals surface area contributed by atoms with E-state index >= 15 is 0 Å². The maximum atomic E-state index is 6.22. The predicted molar refractivity (Wildman–Crippen MR) is 87.1 cm³/mol. The fraction of sp³-hybridized carbons (Fsp3) is 0.722. The summed E-state index contributed by atoms with van der Waals surface area (Å²) in [5.41, 5.74) is 7.42. The number of rotatable bonds is 5. The lowest BCUT2D eigenvalue weighted by Gasteiger charge is -2.43. The summed E-state index contributed by atoms with van der Waals surface area (Å²) in [6.07, 6.45) is 7.34. The van der Waals surface area contributed by atoms with E-state index in [1.165, 1.54) is 12.8 Å². The number of nitrogens with two attached hydrogens (primary N) is 1. The largest absolute Gasteiger partial charge is 0.373 e. The van der Waals surface area contributed by atoms with Gasteiger partial charge in [-0.05, 0) is 49.1 Å². The molecule has 2 rings (SSSR count). The topological polar surface area (TPSA) is 48.1 Å². The third-order valence-electron chi connectivity index (χ3n) is 4.99. The van der Waals surface area contributed by atoms with Gasteiger partial charge in [0.15, 0.2) is 0 Å². The molecule has 1 aromatic rings. The highest BCUT2D eigenvalue weighted by atomic mass is 16.5. The van der Waals surface area contributed by atoms with Gasteiger partial charge in [-0.2, -0.15) is 0 Å². The van der Waals surface area contributed by atoms with Gasteiger partial charge in [-0.25, -0.2) is 0 Å². The third-order valence-corrected chi connectivity index (χ3v) is 4.99. The fourth-order valence-corrected chi connectivity index (χ4v) is 3.34. The van der Waals surface area contributed by atoms with Crippen LogP contribution >= 0.6 is 0 Å². The Kier molecular flexibility index (Phi) is 5.39. The summed E-state index contributed by atoms with van der Waals surface area (Å²) >= 11 is 0. The van der Waals surface area contributed by atoms with Crippen LogP contribution in [0.15, 0.2) is 24.4 Å². The van der Waals surface area contributed by atoms with Crippen LogP contribution < -0.4 is 5.73 Å². The van der Waals surface area contributed by atoms with E-state index in [1.54, 1.807) is 0 Å². The summed E-state index contributed by atoms with van der Waals surface area (Å²) in [6.45, 7) is 8.37. The molecule has 0 aliphatic heterocycles. The average Bonchev–Trinajstić information content (AvgIpc) is 2.48. The van der Waals surface area contributed by atoms with E-state index in [1.807, 2.05) is 18.3 Å². The first-order chi connectivity index (χ1) is 9.95. The summed E-state index contributed by atoms with van der Waals surface area (Å²) in [4.78, 5) is 4.34. The Hall–Kier alpha value is -0.930. The molecule has 1 fully saturated rings. The van der Waals surface area contributed by atoms with Crippen LogP contribution in [0.5, 0.6) is 0 Å². The number of nitrogens with zero attached hydrogens (tertiary/aromatic N) is 1. The highest BCUT2D eigenvalue weighted by Gasteiger charge is 2.38. The lowest BCUT2D eigenvalue weighted by Crippen LogP contribution is -2.45. The molecule has 3 nitrogen and oxygen atoms in total. The monoisotopic (exact) mass is 290 g/mol. The minimum Gasteiger partial charge on any atom is -0.373 e. The molecule has 3 heteroatoms. The lowest BCUT2D eigenvalue weighted by atomic mass is 9.68. The molecule has 2 N–H and O–H groups in total. The first kappa shape index (κ1) is 16.4. The Morgan fingerprint density at radius 1 is 1.29 bits per heavy atom. The van der Waals surface area contributed by atoms with Crippen LogP contribution in [-0.4, -0.2) is 23.7 Å². The molecule has 0 spiro atoms. The second kappa shape index (κ2) is 6.89. The number of ether oxygens (including phenoxy) is 1. The normalized spacial score (nSPS) is 26.8. The van der Waals surface area contributed by atoms with Gasteiger partial charge >= 0.3 is 0 Å². The van der Waals surface area contributed by atoms with Crippen molar-refractivity contribution in [1.82, 2.24) is 4.98 Å². The van der Waals surface area contributed by atoms with Gasteiger partial charge in [0, 0.05) is 24.9 Å². The van der Waals surface area contributed by atoms with Crippen LogP contribution in [0.2, 0.25) is 0 Å². The molecule has 1 aliphatic carbocycles. The van der Waals surface area contributed by atoms with E-state index in [0.29, 0.717) is 18.6 Å². The smallest absolute Gasteiger partial charge is 0.0804 e. The molecule has 1 heterocycles. The molecule has 0 aromatic carbocycles. The highest BCUT2D eigenvalue weighted by molar-refractivity contribution is 5.03. The van der Waals surface area contributed by atoms with Crippen molar-refractivity contribution in [1.29, 1.82) is 0 Å². The molecule has 0 unspecified atom stereocenters. The van der Waals surface area contributed by atoms with Crippen LogP contribution in [0.1, 0.15) is 52.1 Å². The molecule has 0 atom stereocenters. The van der Waals surface area contributed by atoms with Crippen LogP contribution in [0.4, 0.5) is 0 Å². The molecule has 118 valence electrons. The first-order valence-corrected chi connectivity index (χ1v) is 8.19. The molecular weight excluding hydrogens is 260 g/mol. The molecule has 0 bridgehead atoms. The Labute approximate surface area is 129 Å². The highest BCUT2D eigenvalue weighted by Crippen LogP contribution is 2.42. The third kappa shape index (κ3) is 4.52. The minimum atomic E-state index is -0.101. The van der Waals surface area contributed by atoms with E-state index in [0.717, 1.165) is 30.9 Å². The summed E-state index contributed by atoms with van der Waals surface area (Å²) in [5, 5.41) is 0. The molecule has 0 radical (unpaired) electrons. The molecule has 0 amide bonds. The van der Waals surface area contributed by atoms with Crippen molar-refractivity contribution in [2.45, 2.75) is 58.5 Å². The SMILES string of the molecule is CC(C)(C)C1CCC(CN)(OCCc2ccccn2)CC1. The van der Waals surface area contributed by atoms with Crippen molar-refractivity contribution in [2.24, 2.45) is 17.1 Å². The molecule has 1 aliphatic rings. The Balaban J connectivity index is 1.83. The molecule has 0 saturated heterocycles. The van der Waals surface area contributed by atoms with Crippen LogP contribution in [0.25, 0.3) is 0 Å². The summed E-state index contributed by atoms with van der Waals surface area (Å²) < 4.78 is 6.22. The second-order valence-corrected chi connectivity index (χ2v) is 7.45. The number of pyridine rings is 1. The van der Waals surface area contributed by atoms with Crippen LogP contribution in [0.3, 0.4) is 0 Å². The van der Waals surface area contributed by atoms with E-state index in [9.17, 15) is 0 Å². The van der Waals surface area contributed by atoms with Gasteiger partial charge in [0.05, 0.1) is 12.2 Å². The second-order valence-electron chi connectivity index (χ2n) is 7.45. The lowest BCUT2D eigenvalue weighted by molar-refractivity contribution is -0.0787. The van der Waals surface area contributed by atoms with Crippen molar-refractivity contribution in [3.63, 3.8) is 0 Å². The number of hydrogen-bond donors (Lipinski definition) is 1. The van der Waals surface area contributed by atoms with E-state index in [2.05, 4.69) is 31.8 Å². The van der Waals surface area contributed by atoms with E-state index in [-0.39, 0.29) is 5.60 Å². The first-order valence-electron chi connectivity index (χ1n) is 8.19. The Morgan fingerprint density at radius 3 is 2.52 bits per heavy atom. The van der Waals surface area contributed by atoms with Crippen molar-refractivity contribution in [3.8, 4) is 0 Å². The summed E-state index contributed by atoms with van der Waals surface area (Å²) in [6, 6.07) is 6.02. The van der Waals surface area contributed by atoms with Crippen molar-refractivity contribution < 1.29 is 4.74 Å². The number of hydrogen-bond acceptors (Lipinski definition) is 3. The van der Waals surface area contributed by atoms with Gasteiger partial charge in [-0.3, -0.25) is 4.98 Å². The minimum absolute atomic E-state index is 0.101. The van der Waals surface area contributed by atoms with Crippen LogP contribution in [0, 0.1) is 11.3 Å². The molecule has 21 heavy (non-hydrogen) atoms.